The van der Waals surface area contributed by atoms with Crippen LogP contribution in [-0.2, 0) is 0 Å². The molecule has 1 amide bonds. The summed E-state index contributed by atoms with van der Waals surface area (Å²) in [4.78, 5) is 25.8. The number of carbonyl (C=O) groups is 1. The van der Waals surface area contributed by atoms with Gasteiger partial charge >= 0.3 is 0 Å². The summed E-state index contributed by atoms with van der Waals surface area (Å²) in [6, 6.07) is 11.1. The highest BCUT2D eigenvalue weighted by Gasteiger charge is 2.15. The molecule has 0 unspecified atom stereocenters. The number of amides is 1. The van der Waals surface area contributed by atoms with Crippen molar-refractivity contribution in [2.24, 2.45) is 0 Å². The van der Waals surface area contributed by atoms with E-state index in [1.165, 1.54) is 25.3 Å². The van der Waals surface area contributed by atoms with E-state index in [-0.39, 0.29) is 17.3 Å². The van der Waals surface area contributed by atoms with Gasteiger partial charge in [0.2, 0.25) is 0 Å². The number of nitro benzene ring substituents is 1. The Kier molecular flexibility index (Phi) is 4.25. The predicted molar refractivity (Wildman–Crippen MR) is 92.5 cm³/mol. The predicted octanol–water partition coefficient (Wildman–Crippen LogP) is 3.35. The standard InChI is InChI=1S/C17H15N3O5/c1-24-12-4-6-13-10(7-12)8-15(18-13)17(21)19-14-5-3-11(20(22)23)9-16(14)25-2/h3-9,18H,1-2H3,(H,19,21). The van der Waals surface area contributed by atoms with Gasteiger partial charge in [-0.05, 0) is 30.3 Å². The summed E-state index contributed by atoms with van der Waals surface area (Å²) in [6.45, 7) is 0. The van der Waals surface area contributed by atoms with Crippen LogP contribution in [0.1, 0.15) is 10.5 Å². The number of nitro groups is 1. The highest BCUT2D eigenvalue weighted by molar-refractivity contribution is 6.06. The van der Waals surface area contributed by atoms with Gasteiger partial charge in [-0.2, -0.15) is 0 Å². The molecule has 2 aromatic carbocycles. The molecule has 0 saturated carbocycles. The number of aromatic nitrogens is 1. The maximum atomic E-state index is 12.5. The molecule has 25 heavy (non-hydrogen) atoms. The maximum absolute atomic E-state index is 12.5. The number of benzene rings is 2. The van der Waals surface area contributed by atoms with Crippen molar-refractivity contribution in [1.29, 1.82) is 0 Å². The van der Waals surface area contributed by atoms with Crippen molar-refractivity contribution < 1.29 is 19.2 Å². The molecule has 0 aliphatic rings. The van der Waals surface area contributed by atoms with Gasteiger partial charge in [-0.25, -0.2) is 0 Å². The highest BCUT2D eigenvalue weighted by atomic mass is 16.6. The topological polar surface area (TPSA) is 106 Å². The van der Waals surface area contributed by atoms with Gasteiger partial charge in [0.25, 0.3) is 11.6 Å². The molecule has 8 nitrogen and oxygen atoms in total. The second kappa shape index (κ2) is 6.52. The Hall–Kier alpha value is -3.55. The first-order valence-corrected chi connectivity index (χ1v) is 7.32. The van der Waals surface area contributed by atoms with E-state index in [0.29, 0.717) is 17.1 Å². The maximum Gasteiger partial charge on any atom is 0.273 e. The van der Waals surface area contributed by atoms with Gasteiger partial charge in [0.15, 0.2) is 0 Å². The third-order valence-corrected chi connectivity index (χ3v) is 3.72. The summed E-state index contributed by atoms with van der Waals surface area (Å²) in [6.07, 6.45) is 0. The van der Waals surface area contributed by atoms with Crippen LogP contribution in [0.15, 0.2) is 42.5 Å². The van der Waals surface area contributed by atoms with Crippen LogP contribution in [-0.4, -0.2) is 30.0 Å². The number of anilines is 1. The summed E-state index contributed by atoms with van der Waals surface area (Å²) < 4.78 is 10.3. The largest absolute Gasteiger partial charge is 0.497 e. The zero-order valence-electron chi connectivity index (χ0n) is 13.5. The van der Waals surface area contributed by atoms with Crippen LogP contribution in [0.5, 0.6) is 11.5 Å². The second-order valence-electron chi connectivity index (χ2n) is 5.23. The normalized spacial score (nSPS) is 10.5. The monoisotopic (exact) mass is 341 g/mol. The minimum Gasteiger partial charge on any atom is -0.497 e. The molecule has 3 rings (SSSR count). The van der Waals surface area contributed by atoms with Gasteiger partial charge in [-0.1, -0.05) is 0 Å². The van der Waals surface area contributed by atoms with Crippen LogP contribution in [0.2, 0.25) is 0 Å². The number of methoxy groups -OCH3 is 2. The number of hydrogen-bond acceptors (Lipinski definition) is 5. The molecule has 1 heterocycles. The average Bonchev–Trinajstić information content (AvgIpc) is 3.05. The molecule has 1 aromatic heterocycles. The molecular weight excluding hydrogens is 326 g/mol. The molecule has 2 N–H and O–H groups in total. The van der Waals surface area contributed by atoms with Crippen molar-refractivity contribution in [3.63, 3.8) is 0 Å². The lowest BCUT2D eigenvalue weighted by Crippen LogP contribution is -2.13. The number of nitrogens with one attached hydrogen (secondary N) is 2. The van der Waals surface area contributed by atoms with Gasteiger partial charge in [0, 0.05) is 17.0 Å². The van der Waals surface area contributed by atoms with Crippen LogP contribution < -0.4 is 14.8 Å². The highest BCUT2D eigenvalue weighted by Crippen LogP contribution is 2.29. The zero-order valence-corrected chi connectivity index (χ0v) is 13.5. The quantitative estimate of drug-likeness (QED) is 0.547. The minimum absolute atomic E-state index is 0.118. The molecule has 0 aliphatic heterocycles. The van der Waals surface area contributed by atoms with E-state index < -0.39 is 4.92 Å². The lowest BCUT2D eigenvalue weighted by atomic mass is 10.2. The molecule has 0 radical (unpaired) electrons. The Morgan fingerprint density at radius 1 is 1.12 bits per heavy atom. The van der Waals surface area contributed by atoms with E-state index in [4.69, 9.17) is 9.47 Å². The first-order chi connectivity index (χ1) is 12.0. The van der Waals surface area contributed by atoms with Gasteiger partial charge in [-0.3, -0.25) is 14.9 Å². The van der Waals surface area contributed by atoms with E-state index in [1.807, 2.05) is 12.1 Å². The van der Waals surface area contributed by atoms with Crippen molar-refractivity contribution in [2.75, 3.05) is 19.5 Å². The van der Waals surface area contributed by atoms with Crippen LogP contribution in [0.4, 0.5) is 11.4 Å². The first kappa shape index (κ1) is 16.3. The van der Waals surface area contributed by atoms with E-state index >= 15 is 0 Å². The summed E-state index contributed by atoms with van der Waals surface area (Å²) in [7, 11) is 2.95. The van der Waals surface area contributed by atoms with Crippen molar-refractivity contribution in [3.8, 4) is 11.5 Å². The third-order valence-electron chi connectivity index (χ3n) is 3.72. The summed E-state index contributed by atoms with van der Waals surface area (Å²) in [5.74, 6) is 0.512. The number of non-ortho nitro benzene ring substituents is 1. The first-order valence-electron chi connectivity index (χ1n) is 7.32. The molecule has 0 atom stereocenters. The van der Waals surface area contributed by atoms with E-state index in [0.717, 1.165) is 10.9 Å². The van der Waals surface area contributed by atoms with Gasteiger partial charge in [0.1, 0.15) is 17.2 Å². The van der Waals surface area contributed by atoms with Crippen LogP contribution in [0.3, 0.4) is 0 Å². The third kappa shape index (κ3) is 3.23. The molecule has 0 fully saturated rings. The lowest BCUT2D eigenvalue weighted by Gasteiger charge is -2.09. The second-order valence-corrected chi connectivity index (χ2v) is 5.23. The SMILES string of the molecule is COc1ccc2[nH]c(C(=O)Nc3ccc([N+](=O)[O-])cc3OC)cc2c1. The van der Waals surface area contributed by atoms with E-state index in [2.05, 4.69) is 10.3 Å². The fraction of sp³-hybridized carbons (Fsp3) is 0.118. The molecule has 128 valence electrons. The van der Waals surface area contributed by atoms with Crippen LogP contribution >= 0.6 is 0 Å². The van der Waals surface area contributed by atoms with E-state index in [9.17, 15) is 14.9 Å². The number of rotatable bonds is 5. The summed E-state index contributed by atoms with van der Waals surface area (Å²) >= 11 is 0. The fourth-order valence-electron chi connectivity index (χ4n) is 2.45. The Morgan fingerprint density at radius 2 is 1.92 bits per heavy atom. The number of nitrogens with zero attached hydrogens (tertiary/aromatic N) is 1. The minimum atomic E-state index is -0.529. The number of aromatic amines is 1. The Balaban J connectivity index is 1.88. The summed E-state index contributed by atoms with van der Waals surface area (Å²) in [5, 5.41) is 14.3. The number of hydrogen-bond donors (Lipinski definition) is 2. The summed E-state index contributed by atoms with van der Waals surface area (Å²) in [5.41, 5.74) is 1.37. The van der Waals surface area contributed by atoms with Crippen molar-refractivity contribution in [3.05, 3.63) is 58.3 Å². The Morgan fingerprint density at radius 3 is 2.60 bits per heavy atom. The van der Waals surface area contributed by atoms with Crippen molar-refractivity contribution >= 4 is 28.2 Å². The smallest absolute Gasteiger partial charge is 0.273 e. The molecular formula is C17H15N3O5. The Bertz CT molecular complexity index is 964. The Labute approximate surface area is 142 Å². The van der Waals surface area contributed by atoms with Gasteiger partial charge in [0.05, 0.1) is 30.9 Å². The molecule has 0 bridgehead atoms. The van der Waals surface area contributed by atoms with Gasteiger partial charge < -0.3 is 19.8 Å². The van der Waals surface area contributed by atoms with Gasteiger partial charge in [-0.15, -0.1) is 0 Å². The molecule has 3 aromatic rings. The molecule has 0 spiro atoms. The fourth-order valence-corrected chi connectivity index (χ4v) is 2.45. The average molecular weight is 341 g/mol. The van der Waals surface area contributed by atoms with E-state index in [1.54, 1.807) is 19.2 Å². The number of H-pyrrole nitrogens is 1. The van der Waals surface area contributed by atoms with Crippen molar-refractivity contribution in [2.45, 2.75) is 0 Å². The number of ether oxygens (including phenoxy) is 2. The number of fused-ring (bicyclic) bond motifs is 1. The lowest BCUT2D eigenvalue weighted by molar-refractivity contribution is -0.384. The zero-order chi connectivity index (χ0) is 18.0. The molecule has 8 heteroatoms. The van der Waals surface area contributed by atoms with Crippen LogP contribution in [0.25, 0.3) is 10.9 Å². The van der Waals surface area contributed by atoms with Crippen LogP contribution in [0, 0.1) is 10.1 Å². The number of carbonyl (C=O) groups excluding carboxylic acids is 1. The van der Waals surface area contributed by atoms with Crippen molar-refractivity contribution in [1.82, 2.24) is 4.98 Å². The molecule has 0 saturated heterocycles. The molecule has 0 aliphatic carbocycles.